The summed E-state index contributed by atoms with van der Waals surface area (Å²) in [5.41, 5.74) is 6.27. The molecule has 1 rings (SSSR count). The molecule has 0 bridgehead atoms. The van der Waals surface area contributed by atoms with E-state index in [1.165, 1.54) is 0 Å². The molecule has 2 nitrogen and oxygen atoms in total. The lowest BCUT2D eigenvalue weighted by atomic mass is 10.0. The van der Waals surface area contributed by atoms with Crippen molar-refractivity contribution in [3.05, 3.63) is 34.9 Å². The van der Waals surface area contributed by atoms with Crippen molar-refractivity contribution in [2.45, 2.75) is 19.6 Å². The molecule has 0 amide bonds. The third kappa shape index (κ3) is 2.02. The number of benzene rings is 1. The van der Waals surface area contributed by atoms with Gasteiger partial charge in [-0.05, 0) is 30.2 Å². The van der Waals surface area contributed by atoms with Crippen LogP contribution in [-0.4, -0.2) is 5.11 Å². The molecule has 1 aromatic rings. The van der Waals surface area contributed by atoms with Crippen molar-refractivity contribution in [3.8, 4) is 0 Å². The molecule has 0 radical (unpaired) electrons. The Balaban J connectivity index is 3.25. The molecule has 0 fully saturated rings. The van der Waals surface area contributed by atoms with Crippen molar-refractivity contribution in [3.63, 3.8) is 0 Å². The number of nitrogens with two attached hydrogens (primary N) is 1. The van der Waals surface area contributed by atoms with Crippen molar-refractivity contribution < 1.29 is 13.9 Å². The van der Waals surface area contributed by atoms with E-state index in [2.05, 4.69) is 0 Å². The van der Waals surface area contributed by atoms with E-state index in [0.29, 0.717) is 11.1 Å². The summed E-state index contributed by atoms with van der Waals surface area (Å²) >= 11 is 0. The van der Waals surface area contributed by atoms with Crippen LogP contribution in [0.25, 0.3) is 0 Å². The molecule has 0 aliphatic carbocycles. The van der Waals surface area contributed by atoms with Crippen molar-refractivity contribution in [2.24, 2.45) is 5.73 Å². The summed E-state index contributed by atoms with van der Waals surface area (Å²) in [6.45, 7) is 1.31. The summed E-state index contributed by atoms with van der Waals surface area (Å²) in [5.74, 6) is -1.90. The lowest BCUT2D eigenvalue weighted by Gasteiger charge is -2.11. The molecule has 3 N–H and O–H groups in total. The van der Waals surface area contributed by atoms with E-state index in [4.69, 9.17) is 10.8 Å². The molecule has 1 unspecified atom stereocenters. The lowest BCUT2D eigenvalue weighted by molar-refractivity contribution is 0.279. The summed E-state index contributed by atoms with van der Waals surface area (Å²) in [6, 6.07) is 1.57. The molecular formula is C9H11F2NO. The van der Waals surface area contributed by atoms with Gasteiger partial charge in [-0.3, -0.25) is 0 Å². The molecule has 0 aliphatic heterocycles. The van der Waals surface area contributed by atoms with Crippen LogP contribution in [0.3, 0.4) is 0 Å². The Morgan fingerprint density at radius 3 is 2.38 bits per heavy atom. The fourth-order valence-corrected chi connectivity index (χ4v) is 1.16. The van der Waals surface area contributed by atoms with Gasteiger partial charge in [0.1, 0.15) is 0 Å². The summed E-state index contributed by atoms with van der Waals surface area (Å²) in [7, 11) is 0. The molecule has 0 aliphatic rings. The first-order valence-corrected chi connectivity index (χ1v) is 3.90. The SMILES string of the molecule is CC(N)c1cc(F)c(F)cc1CO. The Morgan fingerprint density at radius 1 is 1.38 bits per heavy atom. The summed E-state index contributed by atoms with van der Waals surface area (Å²) in [4.78, 5) is 0. The predicted octanol–water partition coefficient (Wildman–Crippen LogP) is 1.48. The van der Waals surface area contributed by atoms with Gasteiger partial charge in [0.15, 0.2) is 11.6 Å². The zero-order valence-electron chi connectivity index (χ0n) is 7.22. The summed E-state index contributed by atoms with van der Waals surface area (Å²) in [5, 5.41) is 8.84. The zero-order chi connectivity index (χ0) is 10.0. The van der Waals surface area contributed by atoms with Crippen LogP contribution in [0.4, 0.5) is 8.78 Å². The standard InChI is InChI=1S/C9H11F2NO/c1-5(12)7-3-9(11)8(10)2-6(7)4-13/h2-3,5,13H,4,12H2,1H3. The van der Waals surface area contributed by atoms with Crippen LogP contribution >= 0.6 is 0 Å². The minimum absolute atomic E-state index is 0.328. The fourth-order valence-electron chi connectivity index (χ4n) is 1.16. The van der Waals surface area contributed by atoms with Gasteiger partial charge in [0.05, 0.1) is 6.61 Å². The highest BCUT2D eigenvalue weighted by molar-refractivity contribution is 5.30. The molecule has 0 saturated heterocycles. The molecule has 72 valence electrons. The first-order chi connectivity index (χ1) is 6.06. The summed E-state index contributed by atoms with van der Waals surface area (Å²) in [6.07, 6.45) is 0. The van der Waals surface area contributed by atoms with Gasteiger partial charge in [-0.1, -0.05) is 0 Å². The molecule has 0 spiro atoms. The first-order valence-electron chi connectivity index (χ1n) is 3.90. The monoisotopic (exact) mass is 187 g/mol. The number of halogens is 2. The van der Waals surface area contributed by atoms with Crippen molar-refractivity contribution in [1.82, 2.24) is 0 Å². The van der Waals surface area contributed by atoms with Gasteiger partial charge >= 0.3 is 0 Å². The van der Waals surface area contributed by atoms with E-state index < -0.39 is 17.7 Å². The van der Waals surface area contributed by atoms with Crippen LogP contribution < -0.4 is 5.73 Å². The smallest absolute Gasteiger partial charge is 0.159 e. The second-order valence-electron chi connectivity index (χ2n) is 2.91. The van der Waals surface area contributed by atoms with E-state index >= 15 is 0 Å². The van der Waals surface area contributed by atoms with E-state index in [0.717, 1.165) is 12.1 Å². The Labute approximate surface area is 75.0 Å². The molecule has 0 aromatic heterocycles. The minimum atomic E-state index is -0.964. The van der Waals surface area contributed by atoms with Gasteiger partial charge in [-0.25, -0.2) is 8.78 Å². The molecule has 0 saturated carbocycles. The highest BCUT2D eigenvalue weighted by Gasteiger charge is 2.11. The normalized spacial score (nSPS) is 13.0. The van der Waals surface area contributed by atoms with Crippen molar-refractivity contribution in [1.29, 1.82) is 0 Å². The topological polar surface area (TPSA) is 46.2 Å². The van der Waals surface area contributed by atoms with E-state index in [1.807, 2.05) is 0 Å². The molecule has 0 heterocycles. The van der Waals surface area contributed by atoms with Gasteiger partial charge in [0.25, 0.3) is 0 Å². The maximum atomic E-state index is 12.7. The minimum Gasteiger partial charge on any atom is -0.392 e. The van der Waals surface area contributed by atoms with Gasteiger partial charge in [0.2, 0.25) is 0 Å². The average Bonchev–Trinajstić information content (AvgIpc) is 2.08. The van der Waals surface area contributed by atoms with Crippen LogP contribution in [0.2, 0.25) is 0 Å². The maximum Gasteiger partial charge on any atom is 0.159 e. The largest absolute Gasteiger partial charge is 0.392 e. The van der Waals surface area contributed by atoms with Crippen molar-refractivity contribution in [2.75, 3.05) is 0 Å². The van der Waals surface area contributed by atoms with E-state index in [9.17, 15) is 8.78 Å². The Kier molecular flexibility index (Phi) is 2.95. The number of hydrogen-bond acceptors (Lipinski definition) is 2. The van der Waals surface area contributed by atoms with Gasteiger partial charge in [0, 0.05) is 6.04 Å². The molecule has 1 aromatic carbocycles. The number of rotatable bonds is 2. The van der Waals surface area contributed by atoms with Crippen LogP contribution in [0.1, 0.15) is 24.1 Å². The molecule has 4 heteroatoms. The Morgan fingerprint density at radius 2 is 1.92 bits per heavy atom. The summed E-state index contributed by atoms with van der Waals surface area (Å²) < 4.78 is 25.4. The Bertz CT molecular complexity index is 313. The predicted molar refractivity (Wildman–Crippen MR) is 44.9 cm³/mol. The van der Waals surface area contributed by atoms with Gasteiger partial charge in [-0.15, -0.1) is 0 Å². The van der Waals surface area contributed by atoms with Crippen LogP contribution in [0, 0.1) is 11.6 Å². The average molecular weight is 187 g/mol. The zero-order valence-corrected chi connectivity index (χ0v) is 7.22. The van der Waals surface area contributed by atoms with Crippen LogP contribution in [0.15, 0.2) is 12.1 Å². The Hall–Kier alpha value is -1.00. The van der Waals surface area contributed by atoms with Gasteiger partial charge in [-0.2, -0.15) is 0 Å². The van der Waals surface area contributed by atoms with E-state index in [1.54, 1.807) is 6.92 Å². The first kappa shape index (κ1) is 10.1. The van der Waals surface area contributed by atoms with Crippen LogP contribution in [0.5, 0.6) is 0 Å². The maximum absolute atomic E-state index is 12.7. The third-order valence-corrected chi connectivity index (χ3v) is 1.84. The van der Waals surface area contributed by atoms with Crippen molar-refractivity contribution >= 4 is 0 Å². The van der Waals surface area contributed by atoms with E-state index in [-0.39, 0.29) is 6.61 Å². The lowest BCUT2D eigenvalue weighted by Crippen LogP contribution is -2.09. The quantitative estimate of drug-likeness (QED) is 0.736. The number of aliphatic hydroxyl groups excluding tert-OH is 1. The number of hydrogen-bond donors (Lipinski definition) is 2. The second kappa shape index (κ2) is 3.81. The number of aliphatic hydroxyl groups is 1. The molecular weight excluding hydrogens is 176 g/mol. The van der Waals surface area contributed by atoms with Crippen LogP contribution in [-0.2, 0) is 6.61 Å². The van der Waals surface area contributed by atoms with Gasteiger partial charge < -0.3 is 10.8 Å². The highest BCUT2D eigenvalue weighted by Crippen LogP contribution is 2.19. The molecule has 1 atom stereocenters. The third-order valence-electron chi connectivity index (χ3n) is 1.84. The fraction of sp³-hybridized carbons (Fsp3) is 0.333. The second-order valence-corrected chi connectivity index (χ2v) is 2.91. The molecule has 13 heavy (non-hydrogen) atoms. The highest BCUT2D eigenvalue weighted by atomic mass is 19.2.